The Balaban J connectivity index is 0.00000162. The fourth-order valence-corrected chi connectivity index (χ4v) is 2.44. The van der Waals surface area contributed by atoms with Crippen LogP contribution in [0.3, 0.4) is 0 Å². The van der Waals surface area contributed by atoms with Crippen LogP contribution in [0.5, 0.6) is 0 Å². The Bertz CT molecular complexity index is 510. The molecular weight excluding hydrogens is 314 g/mol. The van der Waals surface area contributed by atoms with Crippen molar-refractivity contribution in [3.05, 3.63) is 28.6 Å². The number of aryl methyl sites for hydroxylation is 1. The number of nitrogens with zero attached hydrogens (tertiary/aromatic N) is 2. The number of aromatic nitrogens is 2. The second kappa shape index (κ2) is 7.12. The zero-order valence-corrected chi connectivity index (χ0v) is 12.9. The van der Waals surface area contributed by atoms with Gasteiger partial charge in [0.1, 0.15) is 4.60 Å². The number of pyridine rings is 1. The Morgan fingerprint density at radius 2 is 2.22 bits per heavy atom. The highest BCUT2D eigenvalue weighted by Crippen LogP contribution is 2.24. The highest BCUT2D eigenvalue weighted by Gasteiger charge is 2.08. The summed E-state index contributed by atoms with van der Waals surface area (Å²) in [6.07, 6.45) is 7.73. The van der Waals surface area contributed by atoms with E-state index in [0.29, 0.717) is 6.54 Å². The molecule has 0 aliphatic carbocycles. The minimum absolute atomic E-state index is 0. The molecule has 0 bridgehead atoms. The first-order chi connectivity index (χ1) is 8.26. The number of hydrogen-bond donors (Lipinski definition) is 1. The van der Waals surface area contributed by atoms with Gasteiger partial charge < -0.3 is 10.3 Å². The molecule has 0 unspecified atom stereocenters. The normalized spacial score (nSPS) is 10.6. The average Bonchev–Trinajstić information content (AvgIpc) is 2.65. The smallest absolute Gasteiger partial charge is 0.108 e. The summed E-state index contributed by atoms with van der Waals surface area (Å²) in [7, 11) is 0. The molecule has 0 radical (unpaired) electrons. The second-order valence-corrected chi connectivity index (χ2v) is 5.08. The number of fused-ring (bicyclic) bond motifs is 1. The summed E-state index contributed by atoms with van der Waals surface area (Å²) in [5.41, 5.74) is 8.26. The standard InChI is InChI=1S/C13H18BrN3.ClH/c1-2-3-4-10-9-17(6-5-15)12-7-13(14)16-8-11(10)12;/h7-9H,2-6,15H2,1H3;1H. The van der Waals surface area contributed by atoms with Crippen LogP contribution in [0, 0.1) is 0 Å². The van der Waals surface area contributed by atoms with Gasteiger partial charge in [-0.15, -0.1) is 12.4 Å². The van der Waals surface area contributed by atoms with Crippen molar-refractivity contribution in [1.29, 1.82) is 0 Å². The molecular formula is C13H19BrClN3. The van der Waals surface area contributed by atoms with E-state index in [2.05, 4.69) is 44.7 Å². The third-order valence-electron chi connectivity index (χ3n) is 2.99. The summed E-state index contributed by atoms with van der Waals surface area (Å²) in [6, 6.07) is 2.07. The molecule has 0 aliphatic rings. The Hall–Kier alpha value is -0.580. The number of rotatable bonds is 5. The van der Waals surface area contributed by atoms with Crippen LogP contribution in [-0.2, 0) is 13.0 Å². The first kappa shape index (κ1) is 15.5. The van der Waals surface area contributed by atoms with Crippen molar-refractivity contribution in [3.8, 4) is 0 Å². The maximum atomic E-state index is 5.65. The van der Waals surface area contributed by atoms with Crippen molar-refractivity contribution >= 4 is 39.2 Å². The molecule has 0 spiro atoms. The Morgan fingerprint density at radius 1 is 1.44 bits per heavy atom. The van der Waals surface area contributed by atoms with Crippen molar-refractivity contribution in [2.75, 3.05) is 6.54 Å². The van der Waals surface area contributed by atoms with Gasteiger partial charge in [-0.3, -0.25) is 0 Å². The molecule has 5 heteroatoms. The molecule has 2 aromatic heterocycles. The van der Waals surface area contributed by atoms with E-state index in [0.717, 1.165) is 17.6 Å². The molecule has 3 nitrogen and oxygen atoms in total. The highest BCUT2D eigenvalue weighted by molar-refractivity contribution is 9.10. The van der Waals surface area contributed by atoms with Crippen LogP contribution in [0.25, 0.3) is 10.9 Å². The zero-order valence-electron chi connectivity index (χ0n) is 10.5. The molecule has 0 saturated heterocycles. The lowest BCUT2D eigenvalue weighted by atomic mass is 10.1. The van der Waals surface area contributed by atoms with Crippen LogP contribution in [0.15, 0.2) is 23.1 Å². The molecule has 2 N–H and O–H groups in total. The SMILES string of the molecule is CCCCc1cn(CCN)c2cc(Br)ncc12.Cl. The summed E-state index contributed by atoms with van der Waals surface area (Å²) in [4.78, 5) is 4.32. The third kappa shape index (κ3) is 3.25. The molecule has 0 atom stereocenters. The van der Waals surface area contributed by atoms with E-state index < -0.39 is 0 Å². The van der Waals surface area contributed by atoms with E-state index in [9.17, 15) is 0 Å². The van der Waals surface area contributed by atoms with Crippen LogP contribution in [0.4, 0.5) is 0 Å². The van der Waals surface area contributed by atoms with Gasteiger partial charge in [0, 0.05) is 30.9 Å². The van der Waals surface area contributed by atoms with Gasteiger partial charge in [0.15, 0.2) is 0 Å². The molecule has 2 heterocycles. The quantitative estimate of drug-likeness (QED) is 0.851. The maximum Gasteiger partial charge on any atom is 0.108 e. The van der Waals surface area contributed by atoms with Gasteiger partial charge in [-0.05, 0) is 40.4 Å². The van der Waals surface area contributed by atoms with Crippen LogP contribution in [0.2, 0.25) is 0 Å². The lowest BCUT2D eigenvalue weighted by Crippen LogP contribution is -2.08. The Kier molecular flexibility index (Phi) is 6.12. The van der Waals surface area contributed by atoms with Crippen molar-refractivity contribution in [2.24, 2.45) is 5.73 Å². The molecule has 0 aliphatic heterocycles. The lowest BCUT2D eigenvalue weighted by Gasteiger charge is -2.01. The molecule has 0 saturated carbocycles. The van der Waals surface area contributed by atoms with Crippen LogP contribution in [0.1, 0.15) is 25.3 Å². The lowest BCUT2D eigenvalue weighted by molar-refractivity contribution is 0.726. The van der Waals surface area contributed by atoms with Crippen molar-refractivity contribution in [3.63, 3.8) is 0 Å². The van der Waals surface area contributed by atoms with E-state index in [-0.39, 0.29) is 12.4 Å². The largest absolute Gasteiger partial charge is 0.346 e. The first-order valence-electron chi connectivity index (χ1n) is 6.09. The highest BCUT2D eigenvalue weighted by atomic mass is 79.9. The predicted molar refractivity (Wildman–Crippen MR) is 82.3 cm³/mol. The predicted octanol–water partition coefficient (Wildman–Crippen LogP) is 3.52. The number of nitrogens with two attached hydrogens (primary N) is 1. The van der Waals surface area contributed by atoms with Crippen molar-refractivity contribution in [1.82, 2.24) is 9.55 Å². The maximum absolute atomic E-state index is 5.65. The molecule has 2 aromatic rings. The topological polar surface area (TPSA) is 43.8 Å². The minimum atomic E-state index is 0. The van der Waals surface area contributed by atoms with E-state index in [1.165, 1.54) is 29.3 Å². The minimum Gasteiger partial charge on any atom is -0.346 e. The number of halogens is 2. The van der Waals surface area contributed by atoms with E-state index >= 15 is 0 Å². The van der Waals surface area contributed by atoms with Gasteiger partial charge >= 0.3 is 0 Å². The third-order valence-corrected chi connectivity index (χ3v) is 3.42. The fourth-order valence-electron chi connectivity index (χ4n) is 2.12. The monoisotopic (exact) mass is 331 g/mol. The second-order valence-electron chi connectivity index (χ2n) is 4.26. The molecule has 0 amide bonds. The van der Waals surface area contributed by atoms with Gasteiger partial charge in [-0.2, -0.15) is 0 Å². The summed E-state index contributed by atoms with van der Waals surface area (Å²) in [6.45, 7) is 3.74. The van der Waals surface area contributed by atoms with E-state index in [1.807, 2.05) is 6.20 Å². The van der Waals surface area contributed by atoms with Crippen molar-refractivity contribution in [2.45, 2.75) is 32.7 Å². The van der Waals surface area contributed by atoms with Crippen LogP contribution < -0.4 is 5.73 Å². The molecule has 2 rings (SSSR count). The first-order valence-corrected chi connectivity index (χ1v) is 6.89. The van der Waals surface area contributed by atoms with Crippen LogP contribution >= 0.6 is 28.3 Å². The summed E-state index contributed by atoms with van der Waals surface area (Å²) in [5, 5.41) is 1.26. The average molecular weight is 333 g/mol. The Morgan fingerprint density at radius 3 is 2.89 bits per heavy atom. The summed E-state index contributed by atoms with van der Waals surface area (Å²) in [5.74, 6) is 0. The Labute approximate surface area is 122 Å². The van der Waals surface area contributed by atoms with Gasteiger partial charge in [0.05, 0.1) is 5.52 Å². The number of unbranched alkanes of at least 4 members (excludes halogenated alkanes) is 1. The molecule has 0 aromatic carbocycles. The zero-order chi connectivity index (χ0) is 12.3. The van der Waals surface area contributed by atoms with Gasteiger partial charge in [0.25, 0.3) is 0 Å². The molecule has 18 heavy (non-hydrogen) atoms. The van der Waals surface area contributed by atoms with Gasteiger partial charge in [-0.1, -0.05) is 13.3 Å². The van der Waals surface area contributed by atoms with E-state index in [1.54, 1.807) is 0 Å². The summed E-state index contributed by atoms with van der Waals surface area (Å²) < 4.78 is 3.11. The van der Waals surface area contributed by atoms with Gasteiger partial charge in [-0.25, -0.2) is 4.98 Å². The number of hydrogen-bond acceptors (Lipinski definition) is 2. The van der Waals surface area contributed by atoms with Crippen molar-refractivity contribution < 1.29 is 0 Å². The summed E-state index contributed by atoms with van der Waals surface area (Å²) >= 11 is 3.42. The van der Waals surface area contributed by atoms with E-state index in [4.69, 9.17) is 5.73 Å². The molecule has 100 valence electrons. The van der Waals surface area contributed by atoms with Crippen LogP contribution in [-0.4, -0.2) is 16.1 Å². The van der Waals surface area contributed by atoms with Gasteiger partial charge in [0.2, 0.25) is 0 Å². The molecule has 0 fully saturated rings. The fraction of sp³-hybridized carbons (Fsp3) is 0.462.